The van der Waals surface area contributed by atoms with Gasteiger partial charge in [0.25, 0.3) is 10.0 Å². The van der Waals surface area contributed by atoms with Crippen LogP contribution in [-0.2, 0) is 10.0 Å². The molecule has 1 atom stereocenters. The van der Waals surface area contributed by atoms with E-state index in [9.17, 15) is 22.3 Å². The normalized spacial score (nSPS) is 12.5. The third kappa shape index (κ3) is 5.02. The molecule has 0 aliphatic rings. The van der Waals surface area contributed by atoms with Gasteiger partial charge >= 0.3 is 0 Å². The Balaban J connectivity index is 1.82. The van der Waals surface area contributed by atoms with Crippen molar-refractivity contribution >= 4 is 15.7 Å². The van der Waals surface area contributed by atoms with Crippen LogP contribution in [0.3, 0.4) is 0 Å². The lowest BCUT2D eigenvalue weighted by Crippen LogP contribution is -2.24. The van der Waals surface area contributed by atoms with Crippen molar-refractivity contribution in [2.24, 2.45) is 0 Å². The molecule has 0 bridgehead atoms. The van der Waals surface area contributed by atoms with E-state index < -0.39 is 21.7 Å². The van der Waals surface area contributed by atoms with Gasteiger partial charge < -0.3 is 10.4 Å². The Bertz CT molecular complexity index is 1120. The van der Waals surface area contributed by atoms with Crippen molar-refractivity contribution in [1.82, 2.24) is 5.32 Å². The molecule has 3 aromatic carbocycles. The number of hydrogen-bond donors (Lipinski definition) is 3. The molecular weight excluding hydrogens is 410 g/mol. The monoisotopic (exact) mass is 432 g/mol. The first-order valence-electron chi connectivity index (χ1n) is 9.36. The van der Waals surface area contributed by atoms with Crippen molar-refractivity contribution in [3.05, 3.63) is 83.9 Å². The topological polar surface area (TPSA) is 78.4 Å². The first-order valence-corrected chi connectivity index (χ1v) is 10.8. The molecule has 3 aromatic rings. The molecule has 158 valence electrons. The summed E-state index contributed by atoms with van der Waals surface area (Å²) < 4.78 is 55.0. The molecule has 0 heterocycles. The van der Waals surface area contributed by atoms with Crippen LogP contribution in [0.25, 0.3) is 11.1 Å². The summed E-state index contributed by atoms with van der Waals surface area (Å²) in [6.45, 7) is 2.45. The largest absolute Gasteiger partial charge is 0.394 e. The molecule has 3 N–H and O–H groups in total. The highest BCUT2D eigenvalue weighted by molar-refractivity contribution is 7.92. The number of halogens is 2. The van der Waals surface area contributed by atoms with Crippen molar-refractivity contribution in [3.8, 4) is 11.1 Å². The van der Waals surface area contributed by atoms with E-state index in [2.05, 4.69) is 10.0 Å². The number of likely N-dealkylation sites (N-methyl/N-ethyl adjacent to an activating group) is 1. The molecule has 0 fully saturated rings. The number of nitrogens with one attached hydrogen (secondary N) is 2. The molecule has 0 radical (unpaired) electrons. The van der Waals surface area contributed by atoms with E-state index in [-0.39, 0.29) is 23.1 Å². The van der Waals surface area contributed by atoms with Crippen LogP contribution in [0.1, 0.15) is 18.5 Å². The van der Waals surface area contributed by atoms with Crippen molar-refractivity contribution in [1.29, 1.82) is 0 Å². The summed E-state index contributed by atoms with van der Waals surface area (Å²) >= 11 is 0. The van der Waals surface area contributed by atoms with Gasteiger partial charge in [0.15, 0.2) is 0 Å². The summed E-state index contributed by atoms with van der Waals surface area (Å²) in [4.78, 5) is 0.00423. The Kier molecular flexibility index (Phi) is 6.81. The Hall–Kier alpha value is -2.81. The summed E-state index contributed by atoms with van der Waals surface area (Å²) in [5.41, 5.74) is 1.73. The lowest BCUT2D eigenvalue weighted by Gasteiger charge is -2.17. The summed E-state index contributed by atoms with van der Waals surface area (Å²) in [6, 6.07) is 15.4. The maximum atomic E-state index is 14.0. The van der Waals surface area contributed by atoms with Gasteiger partial charge in [0.1, 0.15) is 11.6 Å². The minimum atomic E-state index is -3.88. The van der Waals surface area contributed by atoms with Crippen LogP contribution in [0.4, 0.5) is 14.5 Å². The van der Waals surface area contributed by atoms with E-state index in [1.54, 1.807) is 24.3 Å². The van der Waals surface area contributed by atoms with Gasteiger partial charge in [0.05, 0.1) is 17.5 Å². The van der Waals surface area contributed by atoms with Gasteiger partial charge in [0, 0.05) is 17.3 Å². The van der Waals surface area contributed by atoms with Crippen molar-refractivity contribution in [2.75, 3.05) is 17.9 Å². The first kappa shape index (κ1) is 21.9. The van der Waals surface area contributed by atoms with Crippen molar-refractivity contribution < 1.29 is 22.3 Å². The zero-order valence-corrected chi connectivity index (χ0v) is 17.1. The van der Waals surface area contributed by atoms with Gasteiger partial charge in [-0.25, -0.2) is 17.2 Å². The van der Waals surface area contributed by atoms with Crippen LogP contribution in [-0.4, -0.2) is 26.7 Å². The van der Waals surface area contributed by atoms with Gasteiger partial charge in [0.2, 0.25) is 0 Å². The SMILES string of the molecule is CCNC(CO)c1cccc(NS(=O)(=O)c2ccc(-c3ccc(F)cc3F)cc2)c1. The number of aliphatic hydroxyl groups excluding tert-OH is 1. The molecule has 5 nitrogen and oxygen atoms in total. The highest BCUT2D eigenvalue weighted by Crippen LogP contribution is 2.26. The Morgan fingerprint density at radius 1 is 1.00 bits per heavy atom. The van der Waals surface area contributed by atoms with Gasteiger partial charge in [-0.2, -0.15) is 0 Å². The molecule has 0 aliphatic heterocycles. The van der Waals surface area contributed by atoms with Crippen LogP contribution < -0.4 is 10.0 Å². The second-order valence-electron chi connectivity index (χ2n) is 6.67. The van der Waals surface area contributed by atoms with Crippen LogP contribution in [0.5, 0.6) is 0 Å². The van der Waals surface area contributed by atoms with Gasteiger partial charge in [-0.05, 0) is 54.1 Å². The maximum absolute atomic E-state index is 14.0. The number of aliphatic hydroxyl groups is 1. The Morgan fingerprint density at radius 3 is 2.37 bits per heavy atom. The van der Waals surface area contributed by atoms with Crippen LogP contribution >= 0.6 is 0 Å². The van der Waals surface area contributed by atoms with Gasteiger partial charge in [-0.1, -0.05) is 31.2 Å². The van der Waals surface area contributed by atoms with E-state index in [0.717, 1.165) is 17.7 Å². The fourth-order valence-electron chi connectivity index (χ4n) is 3.10. The smallest absolute Gasteiger partial charge is 0.261 e. The molecule has 0 aliphatic carbocycles. The van der Waals surface area contributed by atoms with E-state index in [1.807, 2.05) is 6.92 Å². The highest BCUT2D eigenvalue weighted by atomic mass is 32.2. The van der Waals surface area contributed by atoms with E-state index >= 15 is 0 Å². The van der Waals surface area contributed by atoms with Crippen molar-refractivity contribution in [3.63, 3.8) is 0 Å². The predicted octanol–water partition coefficient (Wildman–Crippen LogP) is 4.08. The molecule has 0 spiro atoms. The number of benzene rings is 3. The molecule has 8 heteroatoms. The summed E-state index contributed by atoms with van der Waals surface area (Å²) in [5.74, 6) is -1.40. The van der Waals surface area contributed by atoms with E-state index in [0.29, 0.717) is 17.8 Å². The molecule has 1 unspecified atom stereocenters. The molecule has 30 heavy (non-hydrogen) atoms. The quantitative estimate of drug-likeness (QED) is 0.501. The maximum Gasteiger partial charge on any atom is 0.261 e. The molecule has 0 saturated heterocycles. The Morgan fingerprint density at radius 2 is 1.73 bits per heavy atom. The summed E-state index contributed by atoms with van der Waals surface area (Å²) in [7, 11) is -3.88. The van der Waals surface area contributed by atoms with Crippen LogP contribution in [0, 0.1) is 11.6 Å². The number of rotatable bonds is 8. The predicted molar refractivity (Wildman–Crippen MR) is 113 cm³/mol. The van der Waals surface area contributed by atoms with Crippen molar-refractivity contribution in [2.45, 2.75) is 17.9 Å². The minimum absolute atomic E-state index is 0.00423. The number of sulfonamides is 1. The lowest BCUT2D eigenvalue weighted by molar-refractivity contribution is 0.246. The van der Waals surface area contributed by atoms with Crippen LogP contribution in [0.15, 0.2) is 71.6 Å². The average molecular weight is 432 g/mol. The van der Waals surface area contributed by atoms with E-state index in [4.69, 9.17) is 0 Å². The zero-order valence-electron chi connectivity index (χ0n) is 16.3. The Labute approximate surface area is 174 Å². The van der Waals surface area contributed by atoms with Gasteiger partial charge in [-0.3, -0.25) is 4.72 Å². The fourth-order valence-corrected chi connectivity index (χ4v) is 4.15. The second-order valence-corrected chi connectivity index (χ2v) is 8.35. The highest BCUT2D eigenvalue weighted by Gasteiger charge is 2.16. The lowest BCUT2D eigenvalue weighted by atomic mass is 10.1. The summed E-state index contributed by atoms with van der Waals surface area (Å²) in [6.07, 6.45) is 0. The fraction of sp³-hybridized carbons (Fsp3) is 0.182. The van der Waals surface area contributed by atoms with E-state index in [1.165, 1.54) is 30.3 Å². The first-order chi connectivity index (χ1) is 14.3. The number of anilines is 1. The number of hydrogen-bond acceptors (Lipinski definition) is 4. The van der Waals surface area contributed by atoms with Gasteiger partial charge in [-0.15, -0.1) is 0 Å². The zero-order chi connectivity index (χ0) is 21.7. The third-order valence-corrected chi connectivity index (χ3v) is 5.98. The summed E-state index contributed by atoms with van der Waals surface area (Å²) in [5, 5.41) is 12.6. The standard InChI is InChI=1S/C22H22F2N2O3S/c1-2-25-22(14-27)16-4-3-5-18(12-16)26-30(28,29)19-9-6-15(7-10-19)20-11-8-17(23)13-21(20)24/h3-13,22,25-27H,2,14H2,1H3. The molecule has 0 saturated carbocycles. The third-order valence-electron chi connectivity index (χ3n) is 4.58. The molecular formula is C22H22F2N2O3S. The minimum Gasteiger partial charge on any atom is -0.394 e. The second kappa shape index (κ2) is 9.34. The van der Waals surface area contributed by atoms with Crippen LogP contribution in [0.2, 0.25) is 0 Å². The molecule has 0 amide bonds. The molecule has 3 rings (SSSR count). The molecule has 0 aromatic heterocycles. The average Bonchev–Trinajstić information content (AvgIpc) is 2.72.